The van der Waals surface area contributed by atoms with Gasteiger partial charge in [0.1, 0.15) is 4.88 Å². The summed E-state index contributed by atoms with van der Waals surface area (Å²) in [4.78, 5) is 21.3. The van der Waals surface area contributed by atoms with Crippen molar-refractivity contribution in [1.82, 2.24) is 15.3 Å². The summed E-state index contributed by atoms with van der Waals surface area (Å²) in [6.45, 7) is 5.92. The number of aryl methyl sites for hydroxylation is 3. The topological polar surface area (TPSA) is 54.9 Å². The van der Waals surface area contributed by atoms with E-state index < -0.39 is 0 Å². The first-order chi connectivity index (χ1) is 9.70. The third-order valence-corrected chi connectivity index (χ3v) is 3.99. The number of rotatable bonds is 6. The second-order valence-electron chi connectivity index (χ2n) is 4.34. The first kappa shape index (κ1) is 14.4. The molecule has 0 bridgehead atoms. The first-order valence-electron chi connectivity index (χ1n) is 6.46. The predicted molar refractivity (Wildman–Crippen MR) is 81.0 cm³/mol. The van der Waals surface area contributed by atoms with E-state index in [2.05, 4.69) is 21.9 Å². The standard InChI is InChI=1S/C15H17N3OS/c1-3-9-17-15(19)14-11(2)18-13(20-14)8-7-12-6-4-5-10-16-12/h3-6,10H,1,7-9H2,2H3,(H,17,19). The molecule has 2 rings (SSSR count). The molecule has 0 atom stereocenters. The summed E-state index contributed by atoms with van der Waals surface area (Å²) in [5.74, 6) is -0.0796. The van der Waals surface area contributed by atoms with E-state index in [1.807, 2.05) is 25.1 Å². The van der Waals surface area contributed by atoms with Crippen LogP contribution in [0.5, 0.6) is 0 Å². The molecular weight excluding hydrogens is 270 g/mol. The molecule has 2 aromatic heterocycles. The van der Waals surface area contributed by atoms with E-state index in [4.69, 9.17) is 0 Å². The highest BCUT2D eigenvalue weighted by atomic mass is 32.1. The third kappa shape index (κ3) is 3.74. The molecule has 0 spiro atoms. The number of nitrogens with zero attached hydrogens (tertiary/aromatic N) is 2. The molecule has 2 aromatic rings. The molecule has 5 heteroatoms. The minimum absolute atomic E-state index is 0.0796. The van der Waals surface area contributed by atoms with Gasteiger partial charge in [-0.05, 0) is 25.5 Å². The largest absolute Gasteiger partial charge is 0.348 e. The van der Waals surface area contributed by atoms with Gasteiger partial charge in [-0.25, -0.2) is 4.98 Å². The van der Waals surface area contributed by atoms with Gasteiger partial charge in [0.05, 0.1) is 10.7 Å². The van der Waals surface area contributed by atoms with Gasteiger partial charge in [-0.15, -0.1) is 17.9 Å². The fourth-order valence-electron chi connectivity index (χ4n) is 1.80. The zero-order valence-electron chi connectivity index (χ0n) is 11.4. The molecule has 0 aliphatic rings. The molecule has 4 nitrogen and oxygen atoms in total. The molecule has 0 fully saturated rings. The molecule has 0 aromatic carbocycles. The Morgan fingerprint density at radius 1 is 1.45 bits per heavy atom. The molecule has 0 saturated carbocycles. The van der Waals surface area contributed by atoms with Gasteiger partial charge in [-0.2, -0.15) is 0 Å². The molecule has 0 saturated heterocycles. The number of hydrogen-bond donors (Lipinski definition) is 1. The van der Waals surface area contributed by atoms with Crippen LogP contribution in [0.1, 0.15) is 26.1 Å². The van der Waals surface area contributed by atoms with Gasteiger partial charge in [-0.3, -0.25) is 9.78 Å². The number of carbonyl (C=O) groups is 1. The van der Waals surface area contributed by atoms with Crippen molar-refractivity contribution in [3.05, 3.63) is 58.3 Å². The monoisotopic (exact) mass is 287 g/mol. The summed E-state index contributed by atoms with van der Waals surface area (Å²) in [5, 5.41) is 3.75. The van der Waals surface area contributed by atoms with Crippen molar-refractivity contribution in [1.29, 1.82) is 0 Å². The van der Waals surface area contributed by atoms with Crippen molar-refractivity contribution in [2.45, 2.75) is 19.8 Å². The first-order valence-corrected chi connectivity index (χ1v) is 7.27. The lowest BCUT2D eigenvalue weighted by Crippen LogP contribution is -2.22. The number of pyridine rings is 1. The predicted octanol–water partition coefficient (Wildman–Crippen LogP) is 2.55. The van der Waals surface area contributed by atoms with Gasteiger partial charge < -0.3 is 5.32 Å². The summed E-state index contributed by atoms with van der Waals surface area (Å²) in [5.41, 5.74) is 1.82. The summed E-state index contributed by atoms with van der Waals surface area (Å²) in [6.07, 6.45) is 5.09. The summed E-state index contributed by atoms with van der Waals surface area (Å²) >= 11 is 1.45. The van der Waals surface area contributed by atoms with Crippen LogP contribution in [0.15, 0.2) is 37.1 Å². The fourth-order valence-corrected chi connectivity index (χ4v) is 2.78. The van der Waals surface area contributed by atoms with Crippen LogP contribution in [0.4, 0.5) is 0 Å². The van der Waals surface area contributed by atoms with E-state index in [1.165, 1.54) is 11.3 Å². The lowest BCUT2D eigenvalue weighted by Gasteiger charge is -1.98. The number of hydrogen-bond acceptors (Lipinski definition) is 4. The Balaban J connectivity index is 2.00. The fraction of sp³-hybridized carbons (Fsp3) is 0.267. The molecule has 2 heterocycles. The quantitative estimate of drug-likeness (QED) is 0.831. The normalized spacial score (nSPS) is 10.2. The smallest absolute Gasteiger partial charge is 0.263 e. The number of amides is 1. The lowest BCUT2D eigenvalue weighted by molar-refractivity contribution is 0.0961. The number of carbonyl (C=O) groups excluding carboxylic acids is 1. The molecule has 0 aliphatic heterocycles. The van der Waals surface area contributed by atoms with Crippen LogP contribution in [-0.4, -0.2) is 22.4 Å². The second-order valence-corrected chi connectivity index (χ2v) is 5.43. The summed E-state index contributed by atoms with van der Waals surface area (Å²) < 4.78 is 0. The second kappa shape index (κ2) is 6.96. The number of aromatic nitrogens is 2. The molecule has 20 heavy (non-hydrogen) atoms. The van der Waals surface area contributed by atoms with Gasteiger partial charge >= 0.3 is 0 Å². The van der Waals surface area contributed by atoms with Crippen molar-refractivity contribution < 1.29 is 4.79 Å². The van der Waals surface area contributed by atoms with Crippen LogP contribution < -0.4 is 5.32 Å². The Morgan fingerprint density at radius 3 is 3.00 bits per heavy atom. The van der Waals surface area contributed by atoms with Crippen LogP contribution in [-0.2, 0) is 12.8 Å². The van der Waals surface area contributed by atoms with Gasteiger partial charge in [0.15, 0.2) is 0 Å². The van der Waals surface area contributed by atoms with Crippen molar-refractivity contribution in [2.24, 2.45) is 0 Å². The average Bonchev–Trinajstić information content (AvgIpc) is 2.85. The highest BCUT2D eigenvalue weighted by Crippen LogP contribution is 2.19. The van der Waals surface area contributed by atoms with Crippen molar-refractivity contribution in [3.63, 3.8) is 0 Å². The van der Waals surface area contributed by atoms with Gasteiger partial charge in [0.2, 0.25) is 0 Å². The Bertz CT molecular complexity index is 592. The van der Waals surface area contributed by atoms with Crippen LogP contribution in [0, 0.1) is 6.92 Å². The van der Waals surface area contributed by atoms with Crippen molar-refractivity contribution in [2.75, 3.05) is 6.54 Å². The van der Waals surface area contributed by atoms with E-state index in [1.54, 1.807) is 12.3 Å². The molecular formula is C15H17N3OS. The van der Waals surface area contributed by atoms with E-state index in [0.717, 1.165) is 29.2 Å². The van der Waals surface area contributed by atoms with Crippen LogP contribution in [0.3, 0.4) is 0 Å². The van der Waals surface area contributed by atoms with Gasteiger partial charge in [0, 0.05) is 24.9 Å². The van der Waals surface area contributed by atoms with Crippen molar-refractivity contribution >= 4 is 17.2 Å². The van der Waals surface area contributed by atoms with Gasteiger partial charge in [0.25, 0.3) is 5.91 Å². The highest BCUT2D eigenvalue weighted by Gasteiger charge is 2.14. The summed E-state index contributed by atoms with van der Waals surface area (Å²) in [6, 6.07) is 5.88. The van der Waals surface area contributed by atoms with E-state index in [0.29, 0.717) is 11.4 Å². The molecule has 0 aliphatic carbocycles. The Labute approximate surface area is 122 Å². The maximum Gasteiger partial charge on any atom is 0.263 e. The number of nitrogens with one attached hydrogen (secondary N) is 1. The highest BCUT2D eigenvalue weighted by molar-refractivity contribution is 7.13. The SMILES string of the molecule is C=CCNC(=O)c1sc(CCc2ccccn2)nc1C. The zero-order chi connectivity index (χ0) is 14.4. The number of thiazole rings is 1. The summed E-state index contributed by atoms with van der Waals surface area (Å²) in [7, 11) is 0. The molecule has 0 radical (unpaired) electrons. The Hall–Kier alpha value is -2.01. The van der Waals surface area contributed by atoms with E-state index in [-0.39, 0.29) is 5.91 Å². The minimum atomic E-state index is -0.0796. The Morgan fingerprint density at radius 2 is 2.30 bits per heavy atom. The van der Waals surface area contributed by atoms with Crippen LogP contribution >= 0.6 is 11.3 Å². The molecule has 1 amide bonds. The van der Waals surface area contributed by atoms with E-state index >= 15 is 0 Å². The molecule has 104 valence electrons. The van der Waals surface area contributed by atoms with Crippen LogP contribution in [0.2, 0.25) is 0 Å². The average molecular weight is 287 g/mol. The van der Waals surface area contributed by atoms with Crippen LogP contribution in [0.25, 0.3) is 0 Å². The molecule has 1 N–H and O–H groups in total. The maximum atomic E-state index is 11.9. The Kier molecular flexibility index (Phi) is 5.01. The molecule has 0 unspecified atom stereocenters. The third-order valence-electron chi connectivity index (χ3n) is 2.78. The van der Waals surface area contributed by atoms with Gasteiger partial charge in [-0.1, -0.05) is 12.1 Å². The minimum Gasteiger partial charge on any atom is -0.348 e. The maximum absolute atomic E-state index is 11.9. The zero-order valence-corrected chi connectivity index (χ0v) is 12.2. The van der Waals surface area contributed by atoms with Crippen molar-refractivity contribution in [3.8, 4) is 0 Å². The lowest BCUT2D eigenvalue weighted by atomic mass is 10.2. The van der Waals surface area contributed by atoms with E-state index in [9.17, 15) is 4.79 Å².